The van der Waals surface area contributed by atoms with Crippen LogP contribution in [0.3, 0.4) is 0 Å². The molecule has 1 heterocycles. The van der Waals surface area contributed by atoms with Crippen molar-refractivity contribution < 1.29 is 14.9 Å². The maximum Gasteiger partial charge on any atom is 0.123 e. The minimum absolute atomic E-state index is 0.110. The van der Waals surface area contributed by atoms with Crippen LogP contribution in [-0.2, 0) is 6.42 Å². The molecule has 2 N–H and O–H groups in total. The normalized spacial score (nSPS) is 47.3. The van der Waals surface area contributed by atoms with Crippen molar-refractivity contribution in [3.8, 4) is 11.5 Å². The monoisotopic (exact) mass is 412 g/mol. The lowest BCUT2D eigenvalue weighted by atomic mass is 9.37. The SMILES string of the molecule is C[C@]1(CCO)CCC[C@]2(C)[C@H]3CC[C@]4(C)Oc5ccc(O)cc5C[C@H]4[C@]3(C)CC[C@@H]12. The summed E-state index contributed by atoms with van der Waals surface area (Å²) in [5.74, 6) is 3.24. The molecule has 3 nitrogen and oxygen atoms in total. The summed E-state index contributed by atoms with van der Waals surface area (Å²) in [5, 5.41) is 19.9. The van der Waals surface area contributed by atoms with E-state index in [-0.39, 0.29) is 16.4 Å². The Morgan fingerprint density at radius 3 is 2.43 bits per heavy atom. The van der Waals surface area contributed by atoms with Crippen LogP contribution in [-0.4, -0.2) is 22.4 Å². The second-order valence-electron chi connectivity index (χ2n) is 12.1. The molecule has 4 aliphatic rings. The molecule has 0 amide bonds. The molecule has 166 valence electrons. The first-order valence-corrected chi connectivity index (χ1v) is 12.3. The lowest BCUT2D eigenvalue weighted by molar-refractivity contribution is -0.211. The van der Waals surface area contributed by atoms with E-state index in [2.05, 4.69) is 27.7 Å². The van der Waals surface area contributed by atoms with Crippen LogP contribution in [0.5, 0.6) is 11.5 Å². The number of aliphatic hydroxyl groups excluding tert-OH is 1. The molecular weight excluding hydrogens is 372 g/mol. The predicted octanol–water partition coefficient (Wildman–Crippen LogP) is 6.11. The van der Waals surface area contributed by atoms with E-state index >= 15 is 0 Å². The average molecular weight is 413 g/mol. The van der Waals surface area contributed by atoms with Gasteiger partial charge in [0.25, 0.3) is 0 Å². The highest BCUT2D eigenvalue weighted by Crippen LogP contribution is 2.71. The van der Waals surface area contributed by atoms with Crippen LogP contribution in [0.15, 0.2) is 18.2 Å². The van der Waals surface area contributed by atoms with Crippen LogP contribution >= 0.6 is 0 Å². The van der Waals surface area contributed by atoms with Gasteiger partial charge in [-0.05, 0) is 110 Å². The summed E-state index contributed by atoms with van der Waals surface area (Å²) in [6.07, 6.45) is 10.8. The van der Waals surface area contributed by atoms with E-state index < -0.39 is 0 Å². The minimum Gasteiger partial charge on any atom is -0.508 e. The van der Waals surface area contributed by atoms with Crippen molar-refractivity contribution in [2.24, 2.45) is 34.0 Å². The molecule has 1 aromatic carbocycles. The third-order valence-electron chi connectivity index (χ3n) is 10.6. The minimum atomic E-state index is -0.110. The molecule has 5 rings (SSSR count). The molecule has 1 aliphatic heterocycles. The van der Waals surface area contributed by atoms with E-state index in [0.29, 0.717) is 35.5 Å². The molecule has 0 bridgehead atoms. The van der Waals surface area contributed by atoms with Gasteiger partial charge in [-0.1, -0.05) is 27.2 Å². The van der Waals surface area contributed by atoms with Crippen molar-refractivity contribution in [2.75, 3.05) is 6.61 Å². The quantitative estimate of drug-likeness (QED) is 0.616. The second-order valence-corrected chi connectivity index (χ2v) is 12.1. The van der Waals surface area contributed by atoms with Gasteiger partial charge < -0.3 is 14.9 Å². The first-order valence-electron chi connectivity index (χ1n) is 12.3. The van der Waals surface area contributed by atoms with Gasteiger partial charge in [0.2, 0.25) is 0 Å². The second kappa shape index (κ2) is 6.64. The number of rotatable bonds is 2. The van der Waals surface area contributed by atoms with Crippen LogP contribution in [0.25, 0.3) is 0 Å². The van der Waals surface area contributed by atoms with E-state index in [1.807, 2.05) is 12.1 Å². The molecule has 0 unspecified atom stereocenters. The fourth-order valence-electron chi connectivity index (χ4n) is 9.30. The molecule has 0 aromatic heterocycles. The standard InChI is InChI=1S/C27H40O3/c1-24(14-15-28)10-5-11-25(2)21(24)8-12-26(3)22(25)9-13-27(4)23(26)17-18-16-19(29)6-7-20(18)30-27/h6-7,16,21-23,28-29H,5,8-15,17H2,1-4H3/t21-,22+,23-,24+,25-,26+,27-/m0/s1. The van der Waals surface area contributed by atoms with E-state index in [1.165, 1.54) is 44.1 Å². The number of benzene rings is 1. The zero-order valence-electron chi connectivity index (χ0n) is 19.3. The first-order chi connectivity index (χ1) is 14.1. The smallest absolute Gasteiger partial charge is 0.123 e. The van der Waals surface area contributed by atoms with Crippen LogP contribution in [0.4, 0.5) is 0 Å². The Balaban J connectivity index is 1.53. The molecule has 30 heavy (non-hydrogen) atoms. The third kappa shape index (κ3) is 2.73. The summed E-state index contributed by atoms with van der Waals surface area (Å²) in [6, 6.07) is 5.64. The Morgan fingerprint density at radius 1 is 0.933 bits per heavy atom. The van der Waals surface area contributed by atoms with Crippen molar-refractivity contribution >= 4 is 0 Å². The highest BCUT2D eigenvalue weighted by molar-refractivity contribution is 5.43. The number of fused-ring (bicyclic) bond motifs is 6. The number of hydrogen-bond acceptors (Lipinski definition) is 3. The zero-order chi connectivity index (χ0) is 21.4. The van der Waals surface area contributed by atoms with Gasteiger partial charge in [-0.2, -0.15) is 0 Å². The van der Waals surface area contributed by atoms with Gasteiger partial charge in [0.15, 0.2) is 0 Å². The molecule has 1 aromatic rings. The molecule has 3 saturated carbocycles. The highest BCUT2D eigenvalue weighted by Gasteiger charge is 2.65. The van der Waals surface area contributed by atoms with Gasteiger partial charge in [0, 0.05) is 12.5 Å². The van der Waals surface area contributed by atoms with E-state index in [9.17, 15) is 10.2 Å². The maximum absolute atomic E-state index is 10.1. The van der Waals surface area contributed by atoms with Crippen LogP contribution in [0, 0.1) is 34.0 Å². The largest absolute Gasteiger partial charge is 0.508 e. The van der Waals surface area contributed by atoms with Crippen LogP contribution < -0.4 is 4.74 Å². The lowest BCUT2D eigenvalue weighted by Gasteiger charge is -2.69. The number of aliphatic hydroxyl groups is 1. The van der Waals surface area contributed by atoms with E-state index in [1.54, 1.807) is 6.07 Å². The van der Waals surface area contributed by atoms with Crippen molar-refractivity contribution in [1.82, 2.24) is 0 Å². The lowest BCUT2D eigenvalue weighted by Crippen LogP contribution is -2.65. The predicted molar refractivity (Wildman–Crippen MR) is 120 cm³/mol. The number of ether oxygens (including phenoxy) is 1. The Bertz CT molecular complexity index is 831. The van der Waals surface area contributed by atoms with Gasteiger partial charge in [0.1, 0.15) is 17.1 Å². The number of hydrogen-bond donors (Lipinski definition) is 2. The van der Waals surface area contributed by atoms with Crippen LogP contribution in [0.2, 0.25) is 0 Å². The summed E-state index contributed by atoms with van der Waals surface area (Å²) in [6.45, 7) is 10.3. The third-order valence-corrected chi connectivity index (χ3v) is 10.6. The van der Waals surface area contributed by atoms with Gasteiger partial charge in [0.05, 0.1) is 0 Å². The summed E-state index contributed by atoms with van der Waals surface area (Å²) in [4.78, 5) is 0. The molecule has 3 fully saturated rings. The van der Waals surface area contributed by atoms with Crippen molar-refractivity contribution in [1.29, 1.82) is 0 Å². The van der Waals surface area contributed by atoms with Crippen molar-refractivity contribution in [3.63, 3.8) is 0 Å². The Morgan fingerprint density at radius 2 is 1.67 bits per heavy atom. The highest BCUT2D eigenvalue weighted by atomic mass is 16.5. The van der Waals surface area contributed by atoms with Crippen LogP contribution in [0.1, 0.15) is 84.6 Å². The molecule has 3 aliphatic carbocycles. The number of phenols is 1. The maximum atomic E-state index is 10.1. The van der Waals surface area contributed by atoms with Gasteiger partial charge in [-0.25, -0.2) is 0 Å². The molecule has 0 spiro atoms. The first kappa shape index (κ1) is 20.7. The molecule has 7 atom stereocenters. The summed E-state index contributed by atoms with van der Waals surface area (Å²) < 4.78 is 6.70. The van der Waals surface area contributed by atoms with E-state index in [4.69, 9.17) is 4.74 Å². The average Bonchev–Trinajstić information content (AvgIpc) is 2.66. The zero-order valence-corrected chi connectivity index (χ0v) is 19.3. The Hall–Kier alpha value is -1.22. The molecule has 0 radical (unpaired) electrons. The summed E-state index contributed by atoms with van der Waals surface area (Å²) in [5.41, 5.74) is 1.97. The Kier molecular flexibility index (Phi) is 4.57. The Labute approximate surface area is 182 Å². The fourth-order valence-corrected chi connectivity index (χ4v) is 9.30. The molecule has 0 saturated heterocycles. The molecular formula is C27H40O3. The summed E-state index contributed by atoms with van der Waals surface area (Å²) in [7, 11) is 0. The summed E-state index contributed by atoms with van der Waals surface area (Å²) >= 11 is 0. The number of aromatic hydroxyl groups is 1. The van der Waals surface area contributed by atoms with Gasteiger partial charge in [-0.15, -0.1) is 0 Å². The van der Waals surface area contributed by atoms with Gasteiger partial charge in [-0.3, -0.25) is 0 Å². The topological polar surface area (TPSA) is 49.7 Å². The van der Waals surface area contributed by atoms with E-state index in [0.717, 1.165) is 25.0 Å². The van der Waals surface area contributed by atoms with Crippen molar-refractivity contribution in [2.45, 2.75) is 91.1 Å². The number of phenolic OH excluding ortho intramolecular Hbond substituents is 1. The fraction of sp³-hybridized carbons (Fsp3) is 0.778. The van der Waals surface area contributed by atoms with Gasteiger partial charge >= 0.3 is 0 Å². The molecule has 3 heteroatoms. The van der Waals surface area contributed by atoms with Crippen molar-refractivity contribution in [3.05, 3.63) is 23.8 Å².